The molecule has 0 fully saturated rings. The van der Waals surface area contributed by atoms with Gasteiger partial charge in [-0.15, -0.1) is 0 Å². The van der Waals surface area contributed by atoms with Crippen LogP contribution < -0.4 is 0 Å². The van der Waals surface area contributed by atoms with Gasteiger partial charge in [-0.25, -0.2) is 4.98 Å². The second kappa shape index (κ2) is 9.94. The molecule has 1 aromatic heterocycles. The highest BCUT2D eigenvalue weighted by molar-refractivity contribution is 6.29. The highest BCUT2D eigenvalue weighted by atomic mass is 35.5. The molecule has 1 aromatic rings. The van der Waals surface area contributed by atoms with Crippen molar-refractivity contribution in [1.29, 1.82) is 0 Å². The van der Waals surface area contributed by atoms with Gasteiger partial charge in [0, 0.05) is 13.1 Å². The van der Waals surface area contributed by atoms with Gasteiger partial charge in [0.25, 0.3) is 0 Å². The molecule has 23 heavy (non-hydrogen) atoms. The fourth-order valence-corrected chi connectivity index (χ4v) is 1.76. The molecule has 0 aromatic carbocycles. The lowest BCUT2D eigenvalue weighted by atomic mass is 10.2. The maximum Gasteiger partial charge on any atom is 0.306 e. The Labute approximate surface area is 140 Å². The molecule has 0 unspecified atom stereocenters. The average molecular weight is 341 g/mol. The van der Waals surface area contributed by atoms with Crippen molar-refractivity contribution in [3.05, 3.63) is 29.0 Å². The summed E-state index contributed by atoms with van der Waals surface area (Å²) in [6.07, 6.45) is 2.04. The highest BCUT2D eigenvalue weighted by Gasteiger charge is 2.10. The average Bonchev–Trinajstić information content (AvgIpc) is 2.47. The van der Waals surface area contributed by atoms with Crippen molar-refractivity contribution in [3.63, 3.8) is 0 Å². The van der Waals surface area contributed by atoms with E-state index in [1.54, 1.807) is 26.1 Å². The summed E-state index contributed by atoms with van der Waals surface area (Å²) in [4.78, 5) is 30.9. The van der Waals surface area contributed by atoms with Crippen molar-refractivity contribution in [3.8, 4) is 0 Å². The first-order valence-corrected chi connectivity index (χ1v) is 7.70. The molecule has 126 valence electrons. The monoisotopic (exact) mass is 340 g/mol. The normalized spacial score (nSPS) is 11.4. The van der Waals surface area contributed by atoms with Crippen LogP contribution in [0.3, 0.4) is 0 Å². The molecule has 0 atom stereocenters. The molecule has 0 saturated carbocycles. The van der Waals surface area contributed by atoms with Crippen LogP contribution in [-0.2, 0) is 25.6 Å². The number of hydrogen-bond donors (Lipinski definition) is 0. The summed E-state index contributed by atoms with van der Waals surface area (Å²) in [5.41, 5.74) is 1.50. The van der Waals surface area contributed by atoms with E-state index in [1.165, 1.54) is 6.92 Å². The van der Waals surface area contributed by atoms with Gasteiger partial charge in [-0.1, -0.05) is 17.7 Å². The van der Waals surface area contributed by atoms with Crippen molar-refractivity contribution in [1.82, 2.24) is 4.98 Å². The van der Waals surface area contributed by atoms with Crippen molar-refractivity contribution >= 4 is 29.3 Å². The maximum atomic E-state index is 11.6. The predicted octanol–water partition coefficient (Wildman–Crippen LogP) is 2.97. The fraction of sp³-hybridized carbons (Fsp3) is 0.500. The van der Waals surface area contributed by atoms with Crippen LogP contribution in [0.15, 0.2) is 23.3 Å². The van der Waals surface area contributed by atoms with E-state index in [-0.39, 0.29) is 25.1 Å². The van der Waals surface area contributed by atoms with Gasteiger partial charge < -0.3 is 9.47 Å². The van der Waals surface area contributed by atoms with Gasteiger partial charge >= 0.3 is 11.9 Å². The van der Waals surface area contributed by atoms with Crippen molar-refractivity contribution < 1.29 is 19.1 Å². The molecule has 0 bridgehead atoms. The number of ether oxygens (including phenoxy) is 2. The van der Waals surface area contributed by atoms with E-state index >= 15 is 0 Å². The molecular formula is C16H21ClN2O4. The first kappa shape index (κ1) is 19.1. The zero-order chi connectivity index (χ0) is 17.2. The lowest BCUT2D eigenvalue weighted by Gasteiger charge is -2.09. The van der Waals surface area contributed by atoms with Gasteiger partial charge in [0.05, 0.1) is 24.8 Å². The number of carbonyl (C=O) groups excluding carboxylic acids is 2. The van der Waals surface area contributed by atoms with Crippen LogP contribution in [0.2, 0.25) is 5.15 Å². The number of aromatic nitrogens is 1. The third-order valence-corrected chi connectivity index (χ3v) is 2.92. The highest BCUT2D eigenvalue weighted by Crippen LogP contribution is 2.08. The van der Waals surface area contributed by atoms with Crippen LogP contribution in [0.25, 0.3) is 0 Å². The van der Waals surface area contributed by atoms with Crippen molar-refractivity contribution in [2.24, 2.45) is 4.99 Å². The van der Waals surface area contributed by atoms with Gasteiger partial charge in [-0.2, -0.15) is 0 Å². The number of halogens is 1. The number of aliphatic imine (C=N–C) groups is 1. The van der Waals surface area contributed by atoms with E-state index < -0.39 is 5.97 Å². The third kappa shape index (κ3) is 8.93. The van der Waals surface area contributed by atoms with Crippen LogP contribution >= 0.6 is 11.6 Å². The Kier molecular flexibility index (Phi) is 8.26. The van der Waals surface area contributed by atoms with Crippen LogP contribution in [0, 0.1) is 0 Å². The van der Waals surface area contributed by atoms with Gasteiger partial charge in [0.15, 0.2) is 0 Å². The molecule has 0 aliphatic heterocycles. The smallest absolute Gasteiger partial charge is 0.306 e. The standard InChI is InChI=1S/C16H21ClN2O4/c1-11(2)23-16(21)7-5-14(10-22-12(3)20)18-8-13-4-6-15(17)19-9-13/h4,6,9,11H,5,7-8,10H2,1-3H3. The molecule has 0 amide bonds. The summed E-state index contributed by atoms with van der Waals surface area (Å²) < 4.78 is 10.0. The minimum Gasteiger partial charge on any atom is -0.463 e. The Morgan fingerprint density at radius 2 is 2.04 bits per heavy atom. The van der Waals surface area contributed by atoms with E-state index in [2.05, 4.69) is 9.98 Å². The van der Waals surface area contributed by atoms with Crippen molar-refractivity contribution in [2.45, 2.75) is 46.3 Å². The molecule has 1 heterocycles. The number of rotatable bonds is 8. The third-order valence-electron chi connectivity index (χ3n) is 2.70. The van der Waals surface area contributed by atoms with Gasteiger partial charge in [0.1, 0.15) is 11.8 Å². The Hall–Kier alpha value is -1.95. The number of nitrogens with zero attached hydrogens (tertiary/aromatic N) is 2. The lowest BCUT2D eigenvalue weighted by molar-refractivity contribution is -0.147. The predicted molar refractivity (Wildman–Crippen MR) is 87.5 cm³/mol. The first-order valence-electron chi connectivity index (χ1n) is 7.32. The Morgan fingerprint density at radius 3 is 2.61 bits per heavy atom. The molecule has 0 spiro atoms. The van der Waals surface area contributed by atoms with E-state index in [0.717, 1.165) is 5.56 Å². The molecule has 0 aliphatic rings. The van der Waals surface area contributed by atoms with Crippen LogP contribution in [0.5, 0.6) is 0 Å². The van der Waals surface area contributed by atoms with Crippen molar-refractivity contribution in [2.75, 3.05) is 6.61 Å². The summed E-state index contributed by atoms with van der Waals surface area (Å²) in [6, 6.07) is 3.49. The summed E-state index contributed by atoms with van der Waals surface area (Å²) in [7, 11) is 0. The second-order valence-electron chi connectivity index (χ2n) is 5.19. The zero-order valence-corrected chi connectivity index (χ0v) is 14.3. The quantitative estimate of drug-likeness (QED) is 0.413. The molecule has 0 saturated heterocycles. The number of hydrogen-bond acceptors (Lipinski definition) is 6. The van der Waals surface area contributed by atoms with Gasteiger partial charge in [-0.05, 0) is 31.9 Å². The SMILES string of the molecule is CC(=O)OCC(CCC(=O)OC(C)C)=NCc1ccc(Cl)nc1. The molecule has 1 rings (SSSR count). The fourth-order valence-electron chi connectivity index (χ4n) is 1.65. The molecular weight excluding hydrogens is 320 g/mol. The Bertz CT molecular complexity index is 556. The summed E-state index contributed by atoms with van der Waals surface area (Å²) in [5.74, 6) is -0.695. The summed E-state index contributed by atoms with van der Waals surface area (Å²) in [5, 5.41) is 0.411. The van der Waals surface area contributed by atoms with E-state index in [1.807, 2.05) is 6.07 Å². The van der Waals surface area contributed by atoms with E-state index in [0.29, 0.717) is 23.8 Å². The topological polar surface area (TPSA) is 77.9 Å². The van der Waals surface area contributed by atoms with E-state index in [4.69, 9.17) is 21.1 Å². The van der Waals surface area contributed by atoms with Crippen LogP contribution in [-0.4, -0.2) is 35.3 Å². The van der Waals surface area contributed by atoms with Gasteiger partial charge in [-0.3, -0.25) is 14.6 Å². The maximum absolute atomic E-state index is 11.6. The van der Waals surface area contributed by atoms with E-state index in [9.17, 15) is 9.59 Å². The second-order valence-corrected chi connectivity index (χ2v) is 5.58. The molecule has 0 N–H and O–H groups in total. The van der Waals surface area contributed by atoms with Crippen LogP contribution in [0.4, 0.5) is 0 Å². The lowest BCUT2D eigenvalue weighted by Crippen LogP contribution is -2.16. The van der Waals surface area contributed by atoms with Gasteiger partial charge in [0.2, 0.25) is 0 Å². The zero-order valence-electron chi connectivity index (χ0n) is 13.5. The molecule has 0 aliphatic carbocycles. The number of esters is 2. The Morgan fingerprint density at radius 1 is 1.30 bits per heavy atom. The summed E-state index contributed by atoms with van der Waals surface area (Å²) in [6.45, 7) is 5.34. The molecule has 6 nitrogen and oxygen atoms in total. The number of pyridine rings is 1. The molecule has 7 heteroatoms. The molecule has 0 radical (unpaired) electrons. The minimum absolute atomic E-state index is 0.0608. The first-order chi connectivity index (χ1) is 10.9. The Balaban J connectivity index is 2.62. The largest absolute Gasteiger partial charge is 0.463 e. The minimum atomic E-state index is -0.393. The summed E-state index contributed by atoms with van der Waals surface area (Å²) >= 11 is 5.73. The number of carbonyl (C=O) groups is 2. The van der Waals surface area contributed by atoms with Crippen LogP contribution in [0.1, 0.15) is 39.2 Å².